The van der Waals surface area contributed by atoms with Crippen LogP contribution in [0, 0.1) is 0 Å². The van der Waals surface area contributed by atoms with Gasteiger partial charge in [0.2, 0.25) is 5.91 Å². The Kier molecular flexibility index (Phi) is 2.76. The molecule has 0 atom stereocenters. The Morgan fingerprint density at radius 2 is 1.95 bits per heavy atom. The fourth-order valence-electron chi connectivity index (χ4n) is 2.05. The highest BCUT2D eigenvalue weighted by atomic mass is 16.1. The molecule has 0 bridgehead atoms. The van der Waals surface area contributed by atoms with Gasteiger partial charge in [-0.05, 0) is 12.1 Å². The van der Waals surface area contributed by atoms with Crippen molar-refractivity contribution in [3.05, 3.63) is 54.9 Å². The molecular weight excluding hydrogens is 238 g/mol. The van der Waals surface area contributed by atoms with Crippen molar-refractivity contribution < 1.29 is 4.79 Å². The van der Waals surface area contributed by atoms with Gasteiger partial charge in [-0.25, -0.2) is 4.98 Å². The lowest BCUT2D eigenvalue weighted by Crippen LogP contribution is -2.06. The Balaban J connectivity index is 2.13. The van der Waals surface area contributed by atoms with Gasteiger partial charge >= 0.3 is 0 Å². The van der Waals surface area contributed by atoms with Gasteiger partial charge in [0.1, 0.15) is 0 Å². The van der Waals surface area contributed by atoms with Crippen LogP contribution in [-0.2, 0) is 4.79 Å². The molecule has 0 aliphatic carbocycles. The second kappa shape index (κ2) is 4.57. The highest BCUT2D eigenvalue weighted by Gasteiger charge is 2.08. The molecule has 2 heterocycles. The summed E-state index contributed by atoms with van der Waals surface area (Å²) in [6.07, 6.45) is 3.87. The molecule has 0 spiro atoms. The van der Waals surface area contributed by atoms with Crippen molar-refractivity contribution in [1.82, 2.24) is 9.38 Å². The van der Waals surface area contributed by atoms with Crippen LogP contribution < -0.4 is 5.32 Å². The predicted octanol–water partition coefficient (Wildman–Crippen LogP) is 2.96. The summed E-state index contributed by atoms with van der Waals surface area (Å²) < 4.78 is 1.91. The Morgan fingerprint density at radius 3 is 2.68 bits per heavy atom. The minimum absolute atomic E-state index is 0.0997. The highest BCUT2D eigenvalue weighted by molar-refractivity contribution is 5.93. The first-order valence-corrected chi connectivity index (χ1v) is 6.05. The molecule has 2 aromatic heterocycles. The lowest BCUT2D eigenvalue weighted by molar-refractivity contribution is -0.114. The van der Waals surface area contributed by atoms with E-state index in [0.29, 0.717) is 0 Å². The second-order valence-electron chi connectivity index (χ2n) is 4.33. The minimum Gasteiger partial charge on any atom is -0.323 e. The van der Waals surface area contributed by atoms with E-state index in [1.54, 1.807) is 0 Å². The van der Waals surface area contributed by atoms with Gasteiger partial charge in [-0.15, -0.1) is 0 Å². The van der Waals surface area contributed by atoms with Crippen LogP contribution >= 0.6 is 0 Å². The molecule has 94 valence electrons. The van der Waals surface area contributed by atoms with Crippen LogP contribution in [0.5, 0.6) is 0 Å². The maximum atomic E-state index is 11.2. The number of fused-ring (bicyclic) bond motifs is 1. The SMILES string of the molecule is CC(=O)Nc1cccn2cc(-c3ccccc3)nc12. The van der Waals surface area contributed by atoms with Crippen LogP contribution in [0.15, 0.2) is 54.9 Å². The third-order valence-corrected chi connectivity index (χ3v) is 2.86. The summed E-state index contributed by atoms with van der Waals surface area (Å²) in [6, 6.07) is 13.7. The van der Waals surface area contributed by atoms with E-state index in [9.17, 15) is 4.79 Å². The number of nitrogens with one attached hydrogen (secondary N) is 1. The fraction of sp³-hybridized carbons (Fsp3) is 0.0667. The molecule has 1 amide bonds. The van der Waals surface area contributed by atoms with E-state index in [2.05, 4.69) is 10.3 Å². The molecule has 4 nitrogen and oxygen atoms in total. The molecule has 1 aromatic carbocycles. The smallest absolute Gasteiger partial charge is 0.221 e. The lowest BCUT2D eigenvalue weighted by atomic mass is 10.2. The largest absolute Gasteiger partial charge is 0.323 e. The van der Waals surface area contributed by atoms with E-state index in [1.807, 2.05) is 59.3 Å². The van der Waals surface area contributed by atoms with Crippen molar-refractivity contribution in [2.24, 2.45) is 0 Å². The first kappa shape index (κ1) is 11.5. The highest BCUT2D eigenvalue weighted by Crippen LogP contribution is 2.22. The van der Waals surface area contributed by atoms with Crippen molar-refractivity contribution in [3.8, 4) is 11.3 Å². The zero-order valence-electron chi connectivity index (χ0n) is 10.5. The predicted molar refractivity (Wildman–Crippen MR) is 74.9 cm³/mol. The summed E-state index contributed by atoms with van der Waals surface area (Å²) in [5, 5.41) is 2.79. The molecule has 0 unspecified atom stereocenters. The molecule has 0 fully saturated rings. The van der Waals surface area contributed by atoms with E-state index in [1.165, 1.54) is 6.92 Å². The second-order valence-corrected chi connectivity index (χ2v) is 4.33. The van der Waals surface area contributed by atoms with E-state index in [4.69, 9.17) is 0 Å². The molecule has 0 aliphatic heterocycles. The molecule has 0 saturated carbocycles. The summed E-state index contributed by atoms with van der Waals surface area (Å²) >= 11 is 0. The van der Waals surface area contributed by atoms with Crippen LogP contribution in [-0.4, -0.2) is 15.3 Å². The summed E-state index contributed by atoms with van der Waals surface area (Å²) in [5.41, 5.74) is 3.41. The first-order valence-electron chi connectivity index (χ1n) is 6.05. The van der Waals surface area contributed by atoms with Gasteiger partial charge < -0.3 is 9.72 Å². The van der Waals surface area contributed by atoms with Gasteiger partial charge in [0, 0.05) is 24.9 Å². The monoisotopic (exact) mass is 251 g/mol. The van der Waals surface area contributed by atoms with Crippen molar-refractivity contribution in [2.45, 2.75) is 6.92 Å². The van der Waals surface area contributed by atoms with Crippen LogP contribution in [0.3, 0.4) is 0 Å². The standard InChI is InChI=1S/C15H13N3O/c1-11(19)16-13-8-5-9-18-10-14(17-15(13)18)12-6-3-2-4-7-12/h2-10H,1H3,(H,16,19). The summed E-state index contributed by atoms with van der Waals surface area (Å²) in [6.45, 7) is 1.49. The number of anilines is 1. The van der Waals surface area contributed by atoms with E-state index < -0.39 is 0 Å². The van der Waals surface area contributed by atoms with Crippen molar-refractivity contribution >= 4 is 17.2 Å². The fourth-order valence-corrected chi connectivity index (χ4v) is 2.05. The van der Waals surface area contributed by atoms with Gasteiger partial charge in [0.15, 0.2) is 5.65 Å². The quantitative estimate of drug-likeness (QED) is 0.761. The van der Waals surface area contributed by atoms with Gasteiger partial charge in [0.25, 0.3) is 0 Å². The van der Waals surface area contributed by atoms with E-state index >= 15 is 0 Å². The maximum absolute atomic E-state index is 11.2. The molecule has 3 aromatic rings. The molecular formula is C15H13N3O. The number of pyridine rings is 1. The third-order valence-electron chi connectivity index (χ3n) is 2.86. The van der Waals surface area contributed by atoms with E-state index in [0.717, 1.165) is 22.6 Å². The average Bonchev–Trinajstić information content (AvgIpc) is 2.84. The Bertz CT molecular complexity index is 731. The number of nitrogens with zero attached hydrogens (tertiary/aromatic N) is 2. The van der Waals surface area contributed by atoms with Crippen LogP contribution in [0.1, 0.15) is 6.92 Å². The number of hydrogen-bond donors (Lipinski definition) is 1. The normalized spacial score (nSPS) is 10.6. The number of amides is 1. The maximum Gasteiger partial charge on any atom is 0.221 e. The number of carbonyl (C=O) groups is 1. The van der Waals surface area contributed by atoms with Crippen molar-refractivity contribution in [3.63, 3.8) is 0 Å². The number of rotatable bonds is 2. The average molecular weight is 251 g/mol. The van der Waals surface area contributed by atoms with Crippen molar-refractivity contribution in [2.75, 3.05) is 5.32 Å². The lowest BCUT2D eigenvalue weighted by Gasteiger charge is -2.02. The first-order chi connectivity index (χ1) is 9.24. The topological polar surface area (TPSA) is 46.4 Å². The molecule has 19 heavy (non-hydrogen) atoms. The number of imidazole rings is 1. The van der Waals surface area contributed by atoms with Gasteiger partial charge in [-0.2, -0.15) is 0 Å². The van der Waals surface area contributed by atoms with E-state index in [-0.39, 0.29) is 5.91 Å². The zero-order valence-corrected chi connectivity index (χ0v) is 10.5. The van der Waals surface area contributed by atoms with Gasteiger partial charge in [-0.3, -0.25) is 4.79 Å². The van der Waals surface area contributed by atoms with Crippen LogP contribution in [0.25, 0.3) is 16.9 Å². The molecule has 0 radical (unpaired) electrons. The Hall–Kier alpha value is -2.62. The Labute approximate surface area is 110 Å². The summed E-state index contributed by atoms with van der Waals surface area (Å²) in [5.74, 6) is -0.0997. The number of hydrogen-bond acceptors (Lipinski definition) is 2. The molecule has 4 heteroatoms. The molecule has 0 aliphatic rings. The number of aromatic nitrogens is 2. The molecule has 0 saturated heterocycles. The molecule has 1 N–H and O–H groups in total. The minimum atomic E-state index is -0.0997. The Morgan fingerprint density at radius 1 is 1.16 bits per heavy atom. The summed E-state index contributed by atoms with van der Waals surface area (Å²) in [4.78, 5) is 15.8. The van der Waals surface area contributed by atoms with Gasteiger partial charge in [-0.1, -0.05) is 30.3 Å². The van der Waals surface area contributed by atoms with Crippen LogP contribution in [0.4, 0.5) is 5.69 Å². The molecule has 3 rings (SSSR count). The van der Waals surface area contributed by atoms with Gasteiger partial charge in [0.05, 0.1) is 11.4 Å². The van der Waals surface area contributed by atoms with Crippen LogP contribution in [0.2, 0.25) is 0 Å². The zero-order chi connectivity index (χ0) is 13.2. The summed E-state index contributed by atoms with van der Waals surface area (Å²) in [7, 11) is 0. The van der Waals surface area contributed by atoms with Crippen molar-refractivity contribution in [1.29, 1.82) is 0 Å². The number of benzene rings is 1. The third kappa shape index (κ3) is 2.20. The number of carbonyl (C=O) groups excluding carboxylic acids is 1.